The average molecular weight is 292 g/mol. The minimum absolute atomic E-state index is 0.0164. The molecule has 0 aromatic heterocycles. The number of nitrogens with one attached hydrogen (secondary N) is 1. The molecule has 1 atom stereocenters. The summed E-state index contributed by atoms with van der Waals surface area (Å²) in [7, 11) is 3.46. The van der Waals surface area contributed by atoms with E-state index in [2.05, 4.69) is 5.32 Å². The van der Waals surface area contributed by atoms with Crippen molar-refractivity contribution in [3.8, 4) is 11.5 Å². The molecule has 1 heterocycles. The molecular weight excluding hydrogens is 268 g/mol. The first-order chi connectivity index (χ1) is 10.2. The number of benzene rings is 1. The number of nitrogens with zero attached hydrogens (tertiary/aromatic N) is 1. The fourth-order valence-electron chi connectivity index (χ4n) is 2.85. The summed E-state index contributed by atoms with van der Waals surface area (Å²) in [6, 6.07) is 5.08. The Kier molecular flexibility index (Phi) is 5.44. The van der Waals surface area contributed by atoms with Gasteiger partial charge in [0.2, 0.25) is 0 Å². The van der Waals surface area contributed by atoms with Gasteiger partial charge in [0.25, 0.3) is 5.91 Å². The van der Waals surface area contributed by atoms with E-state index >= 15 is 0 Å². The Hall–Kier alpha value is -1.75. The topological polar surface area (TPSA) is 61.8 Å². The number of amides is 1. The number of carbonyl (C=O) groups is 1. The van der Waals surface area contributed by atoms with E-state index in [0.29, 0.717) is 11.3 Å². The highest BCUT2D eigenvalue weighted by molar-refractivity contribution is 5.97. The Morgan fingerprint density at radius 1 is 1.48 bits per heavy atom. The molecule has 1 saturated heterocycles. The zero-order valence-corrected chi connectivity index (χ0v) is 12.8. The monoisotopic (exact) mass is 292 g/mol. The minimum Gasteiger partial charge on any atom is -0.507 e. The molecule has 1 fully saturated rings. The quantitative estimate of drug-likeness (QED) is 0.871. The number of phenolic OH excluding ortho intramolecular Hbond substituents is 1. The predicted molar refractivity (Wildman–Crippen MR) is 81.9 cm³/mol. The van der Waals surface area contributed by atoms with Crippen molar-refractivity contribution in [2.45, 2.75) is 31.7 Å². The summed E-state index contributed by atoms with van der Waals surface area (Å²) in [6.45, 7) is 1.65. The molecular formula is C16H24N2O3. The van der Waals surface area contributed by atoms with Gasteiger partial charge in [-0.2, -0.15) is 0 Å². The number of hydrogen-bond donors (Lipinski definition) is 2. The molecule has 0 aliphatic carbocycles. The van der Waals surface area contributed by atoms with E-state index in [4.69, 9.17) is 4.74 Å². The predicted octanol–water partition coefficient (Wildman–Crippen LogP) is 2.01. The molecule has 0 spiro atoms. The van der Waals surface area contributed by atoms with Gasteiger partial charge in [0, 0.05) is 18.7 Å². The standard InChI is InChI=1S/C16H24N2O3/c1-17-9-8-12-5-3-4-10-18(12)16(20)14-7-6-13(21-2)11-15(14)19/h6-7,11-12,17,19H,3-5,8-10H2,1-2H3. The molecule has 1 amide bonds. The Labute approximate surface area is 125 Å². The van der Waals surface area contributed by atoms with Gasteiger partial charge in [-0.05, 0) is 51.4 Å². The van der Waals surface area contributed by atoms with Crippen LogP contribution in [0.2, 0.25) is 0 Å². The molecule has 1 unspecified atom stereocenters. The fourth-order valence-corrected chi connectivity index (χ4v) is 2.85. The van der Waals surface area contributed by atoms with Crippen molar-refractivity contribution in [3.63, 3.8) is 0 Å². The third-order valence-corrected chi connectivity index (χ3v) is 4.05. The number of aromatic hydroxyl groups is 1. The highest BCUT2D eigenvalue weighted by Gasteiger charge is 2.28. The number of carbonyl (C=O) groups excluding carboxylic acids is 1. The first kappa shape index (κ1) is 15.6. The van der Waals surface area contributed by atoms with Gasteiger partial charge < -0.3 is 20.1 Å². The van der Waals surface area contributed by atoms with Crippen LogP contribution in [0, 0.1) is 0 Å². The van der Waals surface area contributed by atoms with Crippen molar-refractivity contribution in [3.05, 3.63) is 23.8 Å². The lowest BCUT2D eigenvalue weighted by molar-refractivity contribution is 0.0599. The van der Waals surface area contributed by atoms with Crippen LogP contribution in [-0.2, 0) is 0 Å². The largest absolute Gasteiger partial charge is 0.507 e. The van der Waals surface area contributed by atoms with E-state index in [-0.39, 0.29) is 17.7 Å². The molecule has 0 saturated carbocycles. The summed E-state index contributed by atoms with van der Waals surface area (Å²) < 4.78 is 5.06. The maximum Gasteiger partial charge on any atom is 0.257 e. The second-order valence-corrected chi connectivity index (χ2v) is 5.42. The minimum atomic E-state index is -0.0871. The smallest absolute Gasteiger partial charge is 0.257 e. The number of ether oxygens (including phenoxy) is 1. The van der Waals surface area contributed by atoms with E-state index < -0.39 is 0 Å². The summed E-state index contributed by atoms with van der Waals surface area (Å²) in [5, 5.41) is 13.2. The second kappa shape index (κ2) is 7.31. The summed E-state index contributed by atoms with van der Waals surface area (Å²) in [4.78, 5) is 14.6. The summed E-state index contributed by atoms with van der Waals surface area (Å²) in [6.07, 6.45) is 4.16. The van der Waals surface area contributed by atoms with Crippen LogP contribution in [-0.4, -0.2) is 49.2 Å². The lowest BCUT2D eigenvalue weighted by atomic mass is 9.98. The Bertz CT molecular complexity index is 490. The van der Waals surface area contributed by atoms with Crippen molar-refractivity contribution >= 4 is 5.91 Å². The Morgan fingerprint density at radius 2 is 2.29 bits per heavy atom. The van der Waals surface area contributed by atoms with Crippen molar-refractivity contribution in [2.75, 3.05) is 27.2 Å². The summed E-state index contributed by atoms with van der Waals surface area (Å²) >= 11 is 0. The second-order valence-electron chi connectivity index (χ2n) is 5.42. The highest BCUT2D eigenvalue weighted by atomic mass is 16.5. The maximum atomic E-state index is 12.7. The van der Waals surface area contributed by atoms with E-state index in [0.717, 1.165) is 38.8 Å². The van der Waals surface area contributed by atoms with Crippen LogP contribution in [0.25, 0.3) is 0 Å². The fraction of sp³-hybridized carbons (Fsp3) is 0.562. The number of methoxy groups -OCH3 is 1. The first-order valence-electron chi connectivity index (χ1n) is 7.50. The summed E-state index contributed by atoms with van der Waals surface area (Å²) in [5.74, 6) is 0.447. The molecule has 1 aliphatic rings. The zero-order valence-electron chi connectivity index (χ0n) is 12.8. The van der Waals surface area contributed by atoms with Gasteiger partial charge in [0.1, 0.15) is 11.5 Å². The van der Waals surface area contributed by atoms with Crippen LogP contribution in [0.3, 0.4) is 0 Å². The van der Waals surface area contributed by atoms with Crippen LogP contribution < -0.4 is 10.1 Å². The molecule has 0 radical (unpaired) electrons. The molecule has 116 valence electrons. The van der Waals surface area contributed by atoms with Gasteiger partial charge in [-0.1, -0.05) is 0 Å². The Morgan fingerprint density at radius 3 is 2.95 bits per heavy atom. The summed E-state index contributed by atoms with van der Waals surface area (Å²) in [5.41, 5.74) is 0.354. The van der Waals surface area contributed by atoms with Crippen LogP contribution in [0.5, 0.6) is 11.5 Å². The first-order valence-corrected chi connectivity index (χ1v) is 7.50. The molecule has 5 nitrogen and oxygen atoms in total. The van der Waals surface area contributed by atoms with Gasteiger partial charge in [0.05, 0.1) is 12.7 Å². The van der Waals surface area contributed by atoms with Gasteiger partial charge >= 0.3 is 0 Å². The molecule has 1 aliphatic heterocycles. The molecule has 2 N–H and O–H groups in total. The van der Waals surface area contributed by atoms with Crippen LogP contribution in [0.1, 0.15) is 36.0 Å². The van der Waals surface area contributed by atoms with Crippen LogP contribution in [0.4, 0.5) is 0 Å². The van der Waals surface area contributed by atoms with Crippen molar-refractivity contribution in [2.24, 2.45) is 0 Å². The molecule has 0 bridgehead atoms. The van der Waals surface area contributed by atoms with Crippen molar-refractivity contribution < 1.29 is 14.6 Å². The van der Waals surface area contributed by atoms with E-state index in [9.17, 15) is 9.90 Å². The average Bonchev–Trinajstić information content (AvgIpc) is 2.52. The normalized spacial score (nSPS) is 18.6. The lowest BCUT2D eigenvalue weighted by Crippen LogP contribution is -2.44. The van der Waals surface area contributed by atoms with Gasteiger partial charge in [-0.3, -0.25) is 4.79 Å². The van der Waals surface area contributed by atoms with Gasteiger partial charge in [-0.15, -0.1) is 0 Å². The molecule has 21 heavy (non-hydrogen) atoms. The SMILES string of the molecule is CNCCC1CCCCN1C(=O)c1ccc(OC)cc1O. The number of hydrogen-bond acceptors (Lipinski definition) is 4. The number of rotatable bonds is 5. The molecule has 2 rings (SSSR count). The van der Waals surface area contributed by atoms with Gasteiger partial charge in [0.15, 0.2) is 0 Å². The molecule has 1 aromatic rings. The lowest BCUT2D eigenvalue weighted by Gasteiger charge is -2.36. The molecule has 5 heteroatoms. The Balaban J connectivity index is 2.16. The third-order valence-electron chi connectivity index (χ3n) is 4.05. The number of likely N-dealkylation sites (tertiary alicyclic amines) is 1. The third kappa shape index (κ3) is 3.67. The number of piperidine rings is 1. The van der Waals surface area contributed by atoms with Crippen LogP contribution >= 0.6 is 0 Å². The molecule has 1 aromatic carbocycles. The highest BCUT2D eigenvalue weighted by Crippen LogP contribution is 2.28. The van der Waals surface area contributed by atoms with Crippen molar-refractivity contribution in [1.82, 2.24) is 10.2 Å². The van der Waals surface area contributed by atoms with E-state index in [1.807, 2.05) is 11.9 Å². The van der Waals surface area contributed by atoms with E-state index in [1.54, 1.807) is 12.1 Å². The van der Waals surface area contributed by atoms with Crippen LogP contribution in [0.15, 0.2) is 18.2 Å². The van der Waals surface area contributed by atoms with Gasteiger partial charge in [-0.25, -0.2) is 0 Å². The number of phenols is 1. The van der Waals surface area contributed by atoms with Crippen molar-refractivity contribution in [1.29, 1.82) is 0 Å². The maximum absolute atomic E-state index is 12.7. The zero-order chi connectivity index (χ0) is 15.2. The van der Waals surface area contributed by atoms with E-state index in [1.165, 1.54) is 13.2 Å².